The van der Waals surface area contributed by atoms with Gasteiger partial charge >= 0.3 is 0 Å². The Labute approximate surface area is 140 Å². The van der Waals surface area contributed by atoms with E-state index in [-0.39, 0.29) is 18.2 Å². The van der Waals surface area contributed by atoms with Crippen LogP contribution in [0.4, 0.5) is 0 Å². The van der Waals surface area contributed by atoms with E-state index >= 15 is 0 Å². The first-order chi connectivity index (χ1) is 11.3. The highest BCUT2D eigenvalue weighted by Gasteiger charge is 2.37. The van der Waals surface area contributed by atoms with Gasteiger partial charge in [0.25, 0.3) is 0 Å². The first kappa shape index (κ1) is 15.3. The average molecular weight is 330 g/mol. The monoisotopic (exact) mass is 330 g/mol. The molecule has 1 aliphatic carbocycles. The molecule has 2 aliphatic rings. The molecule has 2 unspecified atom stereocenters. The SMILES string of the molecule is OCC1(NCc2csc(C3CCCO3)n2)CCc2ccccc21. The topological polar surface area (TPSA) is 54.4 Å². The minimum absolute atomic E-state index is 0.118. The molecule has 0 amide bonds. The Balaban J connectivity index is 1.48. The van der Waals surface area contributed by atoms with Crippen molar-refractivity contribution in [2.45, 2.75) is 43.9 Å². The van der Waals surface area contributed by atoms with Crippen molar-refractivity contribution < 1.29 is 9.84 Å². The maximum atomic E-state index is 10.0. The van der Waals surface area contributed by atoms with E-state index in [2.05, 4.69) is 35.0 Å². The van der Waals surface area contributed by atoms with Crippen LogP contribution in [-0.4, -0.2) is 23.3 Å². The summed E-state index contributed by atoms with van der Waals surface area (Å²) in [4.78, 5) is 4.72. The van der Waals surface area contributed by atoms with E-state index in [9.17, 15) is 5.11 Å². The van der Waals surface area contributed by atoms with Gasteiger partial charge in [0.2, 0.25) is 0 Å². The highest BCUT2D eigenvalue weighted by molar-refractivity contribution is 7.09. The predicted octanol–water partition coefficient (Wildman–Crippen LogP) is 2.92. The number of rotatable bonds is 5. The van der Waals surface area contributed by atoms with Gasteiger partial charge in [-0.3, -0.25) is 5.32 Å². The van der Waals surface area contributed by atoms with Gasteiger partial charge in [-0.1, -0.05) is 24.3 Å². The molecule has 0 saturated carbocycles. The quantitative estimate of drug-likeness (QED) is 0.885. The van der Waals surface area contributed by atoms with Crippen molar-refractivity contribution in [3.05, 3.63) is 51.5 Å². The molecule has 122 valence electrons. The van der Waals surface area contributed by atoms with Crippen molar-refractivity contribution in [1.29, 1.82) is 0 Å². The van der Waals surface area contributed by atoms with Gasteiger partial charge in [0.15, 0.2) is 0 Å². The molecule has 2 aromatic rings. The molecule has 2 N–H and O–H groups in total. The van der Waals surface area contributed by atoms with Crippen LogP contribution in [0.25, 0.3) is 0 Å². The van der Waals surface area contributed by atoms with Crippen molar-refractivity contribution in [3.8, 4) is 0 Å². The molecule has 5 heteroatoms. The fourth-order valence-electron chi connectivity index (χ4n) is 3.68. The molecule has 23 heavy (non-hydrogen) atoms. The largest absolute Gasteiger partial charge is 0.394 e. The maximum absolute atomic E-state index is 10.0. The summed E-state index contributed by atoms with van der Waals surface area (Å²) in [6.45, 7) is 1.65. The molecule has 0 radical (unpaired) electrons. The van der Waals surface area contributed by atoms with Gasteiger partial charge in [-0.15, -0.1) is 11.3 Å². The summed E-state index contributed by atoms with van der Waals surface area (Å²) in [6.07, 6.45) is 4.34. The Kier molecular flexibility index (Phi) is 4.20. The summed E-state index contributed by atoms with van der Waals surface area (Å²) in [5.41, 5.74) is 3.28. The lowest BCUT2D eigenvalue weighted by Crippen LogP contribution is -2.43. The molecule has 2 heterocycles. The molecule has 1 fully saturated rings. The lowest BCUT2D eigenvalue weighted by atomic mass is 9.92. The fourth-order valence-corrected chi connectivity index (χ4v) is 4.58. The molecule has 0 bridgehead atoms. The molecule has 1 aliphatic heterocycles. The standard InChI is InChI=1S/C18H22N2O2S/c21-12-18(8-7-13-4-1-2-5-15(13)18)19-10-14-11-23-17(20-14)16-6-3-9-22-16/h1-2,4-5,11,16,19,21H,3,6-10,12H2. The lowest BCUT2D eigenvalue weighted by molar-refractivity contribution is 0.111. The van der Waals surface area contributed by atoms with Gasteiger partial charge < -0.3 is 9.84 Å². The van der Waals surface area contributed by atoms with Crippen molar-refractivity contribution in [2.24, 2.45) is 0 Å². The average Bonchev–Trinajstić information content (AvgIpc) is 3.32. The highest BCUT2D eigenvalue weighted by Crippen LogP contribution is 2.37. The number of benzene rings is 1. The molecule has 0 spiro atoms. The molecular formula is C18H22N2O2S. The van der Waals surface area contributed by atoms with Gasteiger partial charge in [0.1, 0.15) is 11.1 Å². The Morgan fingerprint density at radius 1 is 1.39 bits per heavy atom. The number of aliphatic hydroxyl groups excluding tert-OH is 1. The zero-order valence-electron chi connectivity index (χ0n) is 13.1. The third-order valence-corrected chi connectivity index (χ3v) is 5.99. The van der Waals surface area contributed by atoms with Gasteiger partial charge in [0, 0.05) is 18.5 Å². The van der Waals surface area contributed by atoms with Gasteiger partial charge in [-0.2, -0.15) is 0 Å². The minimum atomic E-state index is -0.329. The van der Waals surface area contributed by atoms with E-state index in [0.29, 0.717) is 6.54 Å². The number of nitrogens with one attached hydrogen (secondary N) is 1. The number of ether oxygens (including phenoxy) is 1. The molecule has 1 aromatic heterocycles. The first-order valence-corrected chi connectivity index (χ1v) is 9.19. The number of aromatic nitrogens is 1. The Bertz CT molecular complexity index is 681. The summed E-state index contributed by atoms with van der Waals surface area (Å²) < 4.78 is 5.71. The predicted molar refractivity (Wildman–Crippen MR) is 90.4 cm³/mol. The molecule has 4 rings (SSSR count). The molecule has 2 atom stereocenters. The molecule has 4 nitrogen and oxygen atoms in total. The van der Waals surface area contributed by atoms with E-state index in [4.69, 9.17) is 9.72 Å². The van der Waals surface area contributed by atoms with Gasteiger partial charge in [0.05, 0.1) is 17.8 Å². The number of hydrogen-bond acceptors (Lipinski definition) is 5. The summed E-state index contributed by atoms with van der Waals surface area (Å²) in [7, 11) is 0. The fraction of sp³-hybridized carbons (Fsp3) is 0.500. The number of nitrogens with zero attached hydrogens (tertiary/aromatic N) is 1. The normalized spacial score (nSPS) is 26.6. The number of thiazole rings is 1. The lowest BCUT2D eigenvalue weighted by Gasteiger charge is -2.29. The van der Waals surface area contributed by atoms with E-state index in [1.165, 1.54) is 11.1 Å². The van der Waals surface area contributed by atoms with E-state index in [1.54, 1.807) is 11.3 Å². The van der Waals surface area contributed by atoms with Crippen LogP contribution in [0.15, 0.2) is 29.6 Å². The Hall–Kier alpha value is -1.27. The number of aryl methyl sites for hydroxylation is 1. The number of hydrogen-bond donors (Lipinski definition) is 2. The second kappa shape index (κ2) is 6.32. The Morgan fingerprint density at radius 3 is 3.13 bits per heavy atom. The zero-order chi connectivity index (χ0) is 15.7. The van der Waals surface area contributed by atoms with Crippen LogP contribution in [0.1, 0.15) is 47.2 Å². The summed E-state index contributed by atoms with van der Waals surface area (Å²) in [6, 6.07) is 8.41. The van der Waals surface area contributed by atoms with Crippen LogP contribution < -0.4 is 5.32 Å². The van der Waals surface area contributed by atoms with E-state index in [1.807, 2.05) is 0 Å². The van der Waals surface area contributed by atoms with Crippen LogP contribution in [0, 0.1) is 0 Å². The van der Waals surface area contributed by atoms with E-state index in [0.717, 1.165) is 43.0 Å². The summed E-state index contributed by atoms with van der Waals surface area (Å²) >= 11 is 1.68. The molecule has 1 saturated heterocycles. The van der Waals surface area contributed by atoms with Crippen LogP contribution in [-0.2, 0) is 23.2 Å². The second-order valence-electron chi connectivity index (χ2n) is 6.43. The third kappa shape index (κ3) is 2.83. The summed E-state index contributed by atoms with van der Waals surface area (Å²) in [5.74, 6) is 0. The van der Waals surface area contributed by atoms with Gasteiger partial charge in [-0.05, 0) is 36.8 Å². The van der Waals surface area contributed by atoms with Crippen molar-refractivity contribution in [3.63, 3.8) is 0 Å². The Morgan fingerprint density at radius 2 is 2.30 bits per heavy atom. The minimum Gasteiger partial charge on any atom is -0.394 e. The van der Waals surface area contributed by atoms with Crippen LogP contribution in [0.5, 0.6) is 0 Å². The van der Waals surface area contributed by atoms with Crippen molar-refractivity contribution in [1.82, 2.24) is 10.3 Å². The highest BCUT2D eigenvalue weighted by atomic mass is 32.1. The molecular weight excluding hydrogens is 308 g/mol. The van der Waals surface area contributed by atoms with Crippen LogP contribution in [0.3, 0.4) is 0 Å². The third-order valence-electron chi connectivity index (χ3n) is 5.01. The second-order valence-corrected chi connectivity index (χ2v) is 7.32. The van der Waals surface area contributed by atoms with Crippen LogP contribution >= 0.6 is 11.3 Å². The number of fused-ring (bicyclic) bond motifs is 1. The van der Waals surface area contributed by atoms with E-state index < -0.39 is 0 Å². The smallest absolute Gasteiger partial charge is 0.122 e. The maximum Gasteiger partial charge on any atom is 0.122 e. The summed E-state index contributed by atoms with van der Waals surface area (Å²) in [5, 5.41) is 16.8. The number of aliphatic hydroxyl groups is 1. The zero-order valence-corrected chi connectivity index (χ0v) is 13.9. The van der Waals surface area contributed by atoms with Crippen molar-refractivity contribution >= 4 is 11.3 Å². The van der Waals surface area contributed by atoms with Crippen LogP contribution in [0.2, 0.25) is 0 Å². The first-order valence-electron chi connectivity index (χ1n) is 8.31. The van der Waals surface area contributed by atoms with Gasteiger partial charge in [-0.25, -0.2) is 4.98 Å². The molecule has 1 aromatic carbocycles. The van der Waals surface area contributed by atoms with Crippen molar-refractivity contribution in [2.75, 3.05) is 13.2 Å².